The number of rotatable bonds is 8. The van der Waals surface area contributed by atoms with Crippen LogP contribution in [-0.4, -0.2) is 45.4 Å². The Balaban J connectivity index is 1.75. The van der Waals surface area contributed by atoms with Gasteiger partial charge in [-0.15, -0.1) is 0 Å². The van der Waals surface area contributed by atoms with Crippen LogP contribution in [0, 0.1) is 0 Å². The third-order valence-electron chi connectivity index (χ3n) is 4.59. The first kappa shape index (κ1) is 21.5. The van der Waals surface area contributed by atoms with Gasteiger partial charge in [0.15, 0.2) is 11.5 Å². The first-order valence-corrected chi connectivity index (χ1v) is 10.7. The van der Waals surface area contributed by atoms with Gasteiger partial charge in [-0.3, -0.25) is 4.79 Å². The maximum atomic E-state index is 12.8. The van der Waals surface area contributed by atoms with Gasteiger partial charge in [0.25, 0.3) is 0 Å². The molecule has 1 aliphatic heterocycles. The number of benzene rings is 2. The Kier molecular flexibility index (Phi) is 7.77. The average molecular weight is 463 g/mol. The molecular formula is C22H27BrN2O4. The minimum absolute atomic E-state index is 0.0852. The average Bonchev–Trinajstić information content (AvgIpc) is 2.72. The molecular weight excluding hydrogens is 436 g/mol. The summed E-state index contributed by atoms with van der Waals surface area (Å²) in [6.45, 7) is 7.95. The van der Waals surface area contributed by atoms with Gasteiger partial charge in [-0.1, -0.05) is 28.1 Å². The van der Waals surface area contributed by atoms with Crippen LogP contribution in [0.15, 0.2) is 40.9 Å². The van der Waals surface area contributed by atoms with Gasteiger partial charge in [0.2, 0.25) is 5.91 Å². The van der Waals surface area contributed by atoms with E-state index in [1.165, 1.54) is 0 Å². The first-order chi connectivity index (χ1) is 14.1. The monoisotopic (exact) mass is 462 g/mol. The molecule has 1 saturated heterocycles. The molecule has 0 bridgehead atoms. The topological polar surface area (TPSA) is 60.0 Å². The molecule has 1 heterocycles. The van der Waals surface area contributed by atoms with E-state index in [1.54, 1.807) is 0 Å². The van der Waals surface area contributed by atoms with Crippen molar-refractivity contribution in [2.45, 2.75) is 20.3 Å². The number of amides is 1. The van der Waals surface area contributed by atoms with Gasteiger partial charge in [0, 0.05) is 17.6 Å². The zero-order valence-corrected chi connectivity index (χ0v) is 18.5. The van der Waals surface area contributed by atoms with E-state index in [1.807, 2.05) is 50.2 Å². The third-order valence-corrected chi connectivity index (χ3v) is 5.33. The summed E-state index contributed by atoms with van der Waals surface area (Å²) < 4.78 is 17.6. The second-order valence-electron chi connectivity index (χ2n) is 6.60. The molecule has 1 aliphatic rings. The molecule has 2 aromatic carbocycles. The van der Waals surface area contributed by atoms with Gasteiger partial charge in [0.1, 0.15) is 0 Å². The summed E-state index contributed by atoms with van der Waals surface area (Å²) in [5.74, 6) is 1.23. The number of anilines is 2. The van der Waals surface area contributed by atoms with Crippen molar-refractivity contribution in [1.82, 2.24) is 0 Å². The molecule has 0 radical (unpaired) electrons. The van der Waals surface area contributed by atoms with Gasteiger partial charge in [-0.25, -0.2) is 0 Å². The van der Waals surface area contributed by atoms with E-state index in [0.717, 1.165) is 34.5 Å². The second-order valence-corrected chi connectivity index (χ2v) is 7.45. The molecule has 7 heteroatoms. The van der Waals surface area contributed by atoms with Crippen LogP contribution in [0.1, 0.15) is 19.4 Å². The van der Waals surface area contributed by atoms with Crippen LogP contribution >= 0.6 is 15.9 Å². The van der Waals surface area contributed by atoms with E-state index in [2.05, 4.69) is 26.1 Å². The molecule has 156 valence electrons. The fourth-order valence-corrected chi connectivity index (χ4v) is 3.74. The molecule has 3 rings (SSSR count). The highest BCUT2D eigenvalue weighted by Crippen LogP contribution is 2.34. The number of nitrogens with zero attached hydrogens (tertiary/aromatic N) is 1. The molecule has 0 saturated carbocycles. The molecule has 6 nitrogen and oxygen atoms in total. The van der Waals surface area contributed by atoms with Crippen LogP contribution in [0.4, 0.5) is 11.4 Å². The lowest BCUT2D eigenvalue weighted by Crippen LogP contribution is -2.36. The fraction of sp³-hybridized carbons (Fsp3) is 0.409. The maximum absolute atomic E-state index is 12.8. The van der Waals surface area contributed by atoms with Gasteiger partial charge < -0.3 is 24.4 Å². The number of morpholine rings is 1. The van der Waals surface area contributed by atoms with Gasteiger partial charge in [0.05, 0.1) is 44.2 Å². The van der Waals surface area contributed by atoms with Gasteiger partial charge in [-0.2, -0.15) is 0 Å². The normalized spacial score (nSPS) is 13.8. The molecule has 2 aromatic rings. The van der Waals surface area contributed by atoms with Crippen molar-refractivity contribution in [2.75, 3.05) is 49.7 Å². The van der Waals surface area contributed by atoms with E-state index < -0.39 is 0 Å². The number of ether oxygens (including phenoxy) is 3. The molecule has 0 atom stereocenters. The van der Waals surface area contributed by atoms with Crippen molar-refractivity contribution < 1.29 is 19.0 Å². The van der Waals surface area contributed by atoms with Crippen LogP contribution in [0.2, 0.25) is 0 Å². The summed E-state index contributed by atoms with van der Waals surface area (Å²) in [6.07, 6.45) is 0.227. The summed E-state index contributed by atoms with van der Waals surface area (Å²) in [4.78, 5) is 15.0. The van der Waals surface area contributed by atoms with Crippen LogP contribution in [-0.2, 0) is 16.0 Å². The standard InChI is InChI=1S/C22H27BrN2O4/c1-3-28-20-13-16(17(23)15-21(20)29-4-2)14-22(26)24-18-7-5-6-8-19(18)25-9-11-27-12-10-25/h5-8,13,15H,3-4,9-12,14H2,1-2H3,(H,24,26). The number of para-hydroxylation sites is 2. The summed E-state index contributed by atoms with van der Waals surface area (Å²) in [6, 6.07) is 11.6. The van der Waals surface area contributed by atoms with E-state index in [-0.39, 0.29) is 12.3 Å². The Bertz CT molecular complexity index is 838. The minimum Gasteiger partial charge on any atom is -0.490 e. The van der Waals surface area contributed by atoms with E-state index in [4.69, 9.17) is 14.2 Å². The zero-order chi connectivity index (χ0) is 20.6. The Labute approximate surface area is 180 Å². The number of hydrogen-bond acceptors (Lipinski definition) is 5. The highest BCUT2D eigenvalue weighted by Gasteiger charge is 2.17. The number of hydrogen-bond donors (Lipinski definition) is 1. The predicted octanol–water partition coefficient (Wildman–Crippen LogP) is 4.26. The zero-order valence-electron chi connectivity index (χ0n) is 16.9. The number of halogens is 1. The molecule has 0 unspecified atom stereocenters. The molecule has 29 heavy (non-hydrogen) atoms. The third kappa shape index (κ3) is 5.64. The Morgan fingerprint density at radius 3 is 2.45 bits per heavy atom. The van der Waals surface area contributed by atoms with Crippen LogP contribution < -0.4 is 19.7 Å². The van der Waals surface area contributed by atoms with Crippen LogP contribution in [0.5, 0.6) is 11.5 Å². The summed E-state index contributed by atoms with van der Waals surface area (Å²) >= 11 is 3.56. The van der Waals surface area contributed by atoms with E-state index >= 15 is 0 Å². The molecule has 0 aliphatic carbocycles. The SMILES string of the molecule is CCOc1cc(Br)c(CC(=O)Nc2ccccc2N2CCOCC2)cc1OCC. The highest BCUT2D eigenvalue weighted by atomic mass is 79.9. The summed E-state index contributed by atoms with van der Waals surface area (Å²) in [7, 11) is 0. The smallest absolute Gasteiger partial charge is 0.228 e. The van der Waals surface area contributed by atoms with E-state index in [0.29, 0.717) is 37.9 Å². The Hall–Kier alpha value is -2.25. The largest absolute Gasteiger partial charge is 0.490 e. The van der Waals surface area contributed by atoms with Gasteiger partial charge >= 0.3 is 0 Å². The van der Waals surface area contributed by atoms with Crippen molar-refractivity contribution in [2.24, 2.45) is 0 Å². The number of carbonyl (C=O) groups is 1. The molecule has 1 fully saturated rings. The molecule has 0 aromatic heterocycles. The lowest BCUT2D eigenvalue weighted by molar-refractivity contribution is -0.115. The van der Waals surface area contributed by atoms with Gasteiger partial charge in [-0.05, 0) is 43.7 Å². The molecule has 1 amide bonds. The first-order valence-electron chi connectivity index (χ1n) is 9.92. The van der Waals surface area contributed by atoms with Crippen LogP contribution in [0.3, 0.4) is 0 Å². The van der Waals surface area contributed by atoms with E-state index in [9.17, 15) is 4.79 Å². The minimum atomic E-state index is -0.0852. The van der Waals surface area contributed by atoms with Crippen molar-refractivity contribution in [3.63, 3.8) is 0 Å². The van der Waals surface area contributed by atoms with Crippen molar-refractivity contribution in [3.05, 3.63) is 46.4 Å². The highest BCUT2D eigenvalue weighted by molar-refractivity contribution is 9.10. The molecule has 1 N–H and O–H groups in total. The maximum Gasteiger partial charge on any atom is 0.228 e. The van der Waals surface area contributed by atoms with Crippen molar-refractivity contribution >= 4 is 33.2 Å². The van der Waals surface area contributed by atoms with Crippen LogP contribution in [0.25, 0.3) is 0 Å². The Morgan fingerprint density at radius 1 is 1.10 bits per heavy atom. The summed E-state index contributed by atoms with van der Waals surface area (Å²) in [5.41, 5.74) is 2.68. The van der Waals surface area contributed by atoms with Crippen molar-refractivity contribution in [1.29, 1.82) is 0 Å². The lowest BCUT2D eigenvalue weighted by atomic mass is 10.1. The predicted molar refractivity (Wildman–Crippen MR) is 118 cm³/mol. The number of nitrogens with one attached hydrogen (secondary N) is 1. The lowest BCUT2D eigenvalue weighted by Gasteiger charge is -2.30. The second kappa shape index (κ2) is 10.5. The Morgan fingerprint density at radius 2 is 1.76 bits per heavy atom. The number of carbonyl (C=O) groups excluding carboxylic acids is 1. The fourth-order valence-electron chi connectivity index (χ4n) is 3.28. The summed E-state index contributed by atoms with van der Waals surface area (Å²) in [5, 5.41) is 3.06. The van der Waals surface area contributed by atoms with Crippen molar-refractivity contribution in [3.8, 4) is 11.5 Å². The quantitative estimate of drug-likeness (QED) is 0.634. The molecule has 0 spiro atoms.